The zero-order valence-corrected chi connectivity index (χ0v) is 13.6. The number of rotatable bonds is 4. The molecule has 0 radical (unpaired) electrons. The summed E-state index contributed by atoms with van der Waals surface area (Å²) in [6.45, 7) is 8.05. The fourth-order valence-corrected chi connectivity index (χ4v) is 2.59. The first-order valence-electron chi connectivity index (χ1n) is 7.46. The Morgan fingerprint density at radius 1 is 1.48 bits per heavy atom. The number of ether oxygens (including phenoxy) is 1. The van der Waals surface area contributed by atoms with Gasteiger partial charge in [0, 0.05) is 25.6 Å². The predicted molar refractivity (Wildman–Crippen MR) is 81.7 cm³/mol. The first-order valence-corrected chi connectivity index (χ1v) is 7.84. The summed E-state index contributed by atoms with van der Waals surface area (Å²) in [4.78, 5) is 22.9. The molecule has 116 valence electrons. The fourth-order valence-electron chi connectivity index (χ4n) is 2.42. The maximum absolute atomic E-state index is 12.6. The molecule has 1 aromatic rings. The Kier molecular flexibility index (Phi) is 5.53. The molecule has 1 fully saturated rings. The van der Waals surface area contributed by atoms with E-state index in [0.29, 0.717) is 36.2 Å². The minimum Gasteiger partial charge on any atom is -0.378 e. The molecule has 0 aromatic carbocycles. The van der Waals surface area contributed by atoms with Gasteiger partial charge >= 0.3 is 0 Å². The molecule has 0 saturated carbocycles. The lowest BCUT2D eigenvalue weighted by molar-refractivity contribution is 0.0144. The third kappa shape index (κ3) is 3.92. The normalized spacial score (nSPS) is 16.5. The monoisotopic (exact) mass is 311 g/mol. The van der Waals surface area contributed by atoms with Crippen LogP contribution in [0.5, 0.6) is 0 Å². The van der Waals surface area contributed by atoms with Gasteiger partial charge in [0.15, 0.2) is 5.69 Å². The largest absolute Gasteiger partial charge is 0.378 e. The van der Waals surface area contributed by atoms with Gasteiger partial charge in [-0.3, -0.25) is 4.79 Å². The average molecular weight is 312 g/mol. The fraction of sp³-hybridized carbons (Fsp3) is 0.667. The predicted octanol–water partition coefficient (Wildman–Crippen LogP) is 2.89. The summed E-state index contributed by atoms with van der Waals surface area (Å²) >= 11 is 6.10. The summed E-state index contributed by atoms with van der Waals surface area (Å²) in [5, 5.41) is 0.316. The summed E-state index contributed by atoms with van der Waals surface area (Å²) in [7, 11) is 0. The SMILES string of the molecule is CCOC1CCN(C(=O)c2nc(C(C)C)ncc2Cl)CC1. The van der Waals surface area contributed by atoms with E-state index in [-0.39, 0.29) is 17.9 Å². The number of hydrogen-bond acceptors (Lipinski definition) is 4. The van der Waals surface area contributed by atoms with Gasteiger partial charge in [-0.05, 0) is 19.8 Å². The highest BCUT2D eigenvalue weighted by Gasteiger charge is 2.26. The van der Waals surface area contributed by atoms with E-state index in [9.17, 15) is 4.79 Å². The van der Waals surface area contributed by atoms with Gasteiger partial charge in [0.2, 0.25) is 0 Å². The van der Waals surface area contributed by atoms with Crippen molar-refractivity contribution >= 4 is 17.5 Å². The molecule has 0 unspecified atom stereocenters. The number of carbonyl (C=O) groups excluding carboxylic acids is 1. The zero-order valence-electron chi connectivity index (χ0n) is 12.8. The minimum absolute atomic E-state index is 0.112. The molecule has 0 aliphatic carbocycles. The van der Waals surface area contributed by atoms with Gasteiger partial charge < -0.3 is 9.64 Å². The molecule has 1 saturated heterocycles. The number of amides is 1. The minimum atomic E-state index is -0.112. The Balaban J connectivity index is 2.08. The number of halogens is 1. The van der Waals surface area contributed by atoms with E-state index >= 15 is 0 Å². The number of hydrogen-bond donors (Lipinski definition) is 0. The molecule has 1 aliphatic heterocycles. The van der Waals surface area contributed by atoms with E-state index in [4.69, 9.17) is 16.3 Å². The van der Waals surface area contributed by atoms with E-state index in [1.54, 1.807) is 4.90 Å². The lowest BCUT2D eigenvalue weighted by Crippen LogP contribution is -2.41. The number of likely N-dealkylation sites (tertiary alicyclic amines) is 1. The summed E-state index contributed by atoms with van der Waals surface area (Å²) in [6.07, 6.45) is 3.49. The standard InChI is InChI=1S/C15H22ClN3O2/c1-4-21-11-5-7-19(8-6-11)15(20)13-12(16)9-17-14(18-13)10(2)3/h9-11H,4-8H2,1-3H3. The molecule has 0 bridgehead atoms. The lowest BCUT2D eigenvalue weighted by Gasteiger charge is -2.31. The first-order chi connectivity index (χ1) is 10.0. The molecule has 1 aliphatic rings. The van der Waals surface area contributed by atoms with Crippen LogP contribution in [0.2, 0.25) is 5.02 Å². The van der Waals surface area contributed by atoms with Crippen LogP contribution in [0.25, 0.3) is 0 Å². The smallest absolute Gasteiger partial charge is 0.274 e. The van der Waals surface area contributed by atoms with Crippen molar-refractivity contribution < 1.29 is 9.53 Å². The second-order valence-corrected chi connectivity index (χ2v) is 5.93. The Hall–Kier alpha value is -1.20. The van der Waals surface area contributed by atoms with Crippen LogP contribution in [0.3, 0.4) is 0 Å². The zero-order chi connectivity index (χ0) is 15.4. The molecule has 0 N–H and O–H groups in total. The van der Waals surface area contributed by atoms with Crippen LogP contribution in [0, 0.1) is 0 Å². The quantitative estimate of drug-likeness (QED) is 0.858. The van der Waals surface area contributed by atoms with Crippen molar-refractivity contribution in [1.29, 1.82) is 0 Å². The van der Waals surface area contributed by atoms with Crippen LogP contribution in [0.1, 0.15) is 55.8 Å². The molecule has 0 atom stereocenters. The molecule has 1 aromatic heterocycles. The summed E-state index contributed by atoms with van der Waals surface area (Å²) < 4.78 is 5.60. The highest BCUT2D eigenvalue weighted by Crippen LogP contribution is 2.21. The van der Waals surface area contributed by atoms with Crippen LogP contribution in [0.4, 0.5) is 0 Å². The van der Waals surface area contributed by atoms with Crippen molar-refractivity contribution in [2.45, 2.75) is 45.6 Å². The number of aromatic nitrogens is 2. The third-order valence-electron chi connectivity index (χ3n) is 3.61. The summed E-state index contributed by atoms with van der Waals surface area (Å²) in [5.74, 6) is 0.698. The van der Waals surface area contributed by atoms with Crippen LogP contribution in [0.15, 0.2) is 6.20 Å². The van der Waals surface area contributed by atoms with Crippen LogP contribution < -0.4 is 0 Å². The Labute approximate surface area is 130 Å². The van der Waals surface area contributed by atoms with Gasteiger partial charge in [-0.1, -0.05) is 25.4 Å². The first kappa shape index (κ1) is 16.2. The van der Waals surface area contributed by atoms with Gasteiger partial charge in [0.1, 0.15) is 5.82 Å². The van der Waals surface area contributed by atoms with E-state index in [1.807, 2.05) is 20.8 Å². The molecule has 1 amide bonds. The Morgan fingerprint density at radius 2 is 2.14 bits per heavy atom. The molecule has 0 spiro atoms. The maximum atomic E-state index is 12.6. The topological polar surface area (TPSA) is 55.3 Å². The summed E-state index contributed by atoms with van der Waals surface area (Å²) in [6, 6.07) is 0. The van der Waals surface area contributed by atoms with Crippen molar-refractivity contribution in [2.75, 3.05) is 19.7 Å². The lowest BCUT2D eigenvalue weighted by atomic mass is 10.1. The van der Waals surface area contributed by atoms with E-state index in [0.717, 1.165) is 12.8 Å². The van der Waals surface area contributed by atoms with Gasteiger partial charge in [0.25, 0.3) is 5.91 Å². The molecule has 5 nitrogen and oxygen atoms in total. The highest BCUT2D eigenvalue weighted by atomic mass is 35.5. The Morgan fingerprint density at radius 3 is 2.71 bits per heavy atom. The molecule has 21 heavy (non-hydrogen) atoms. The van der Waals surface area contributed by atoms with Crippen molar-refractivity contribution in [3.05, 3.63) is 22.7 Å². The number of nitrogens with zero attached hydrogens (tertiary/aromatic N) is 3. The van der Waals surface area contributed by atoms with Crippen LogP contribution in [-0.4, -0.2) is 46.6 Å². The molecular formula is C15H22ClN3O2. The van der Waals surface area contributed by atoms with Gasteiger partial charge in [0.05, 0.1) is 17.3 Å². The van der Waals surface area contributed by atoms with Crippen molar-refractivity contribution in [2.24, 2.45) is 0 Å². The third-order valence-corrected chi connectivity index (χ3v) is 3.89. The highest BCUT2D eigenvalue weighted by molar-refractivity contribution is 6.33. The van der Waals surface area contributed by atoms with Crippen LogP contribution >= 0.6 is 11.6 Å². The van der Waals surface area contributed by atoms with Gasteiger partial charge in [-0.2, -0.15) is 0 Å². The molecule has 2 heterocycles. The van der Waals surface area contributed by atoms with Gasteiger partial charge in [-0.15, -0.1) is 0 Å². The molecule has 6 heteroatoms. The van der Waals surface area contributed by atoms with E-state index < -0.39 is 0 Å². The van der Waals surface area contributed by atoms with E-state index in [2.05, 4.69) is 9.97 Å². The van der Waals surface area contributed by atoms with E-state index in [1.165, 1.54) is 6.20 Å². The van der Waals surface area contributed by atoms with Crippen molar-refractivity contribution in [3.63, 3.8) is 0 Å². The van der Waals surface area contributed by atoms with Crippen LogP contribution in [-0.2, 0) is 4.74 Å². The van der Waals surface area contributed by atoms with Gasteiger partial charge in [-0.25, -0.2) is 9.97 Å². The van der Waals surface area contributed by atoms with Crippen molar-refractivity contribution in [1.82, 2.24) is 14.9 Å². The Bertz CT molecular complexity index is 500. The summed E-state index contributed by atoms with van der Waals surface area (Å²) in [5.41, 5.74) is 0.310. The average Bonchev–Trinajstić information content (AvgIpc) is 2.48. The second-order valence-electron chi connectivity index (χ2n) is 5.53. The second kappa shape index (κ2) is 7.18. The number of carbonyl (C=O) groups is 1. The molecule has 2 rings (SSSR count). The number of piperidine rings is 1. The maximum Gasteiger partial charge on any atom is 0.274 e. The molecular weight excluding hydrogens is 290 g/mol. The van der Waals surface area contributed by atoms with Crippen molar-refractivity contribution in [3.8, 4) is 0 Å².